The maximum Gasteiger partial charge on any atom is 0.0355 e. The molecule has 0 amide bonds. The lowest BCUT2D eigenvalue weighted by Gasteiger charge is -2.17. The van der Waals surface area contributed by atoms with Gasteiger partial charge in [-0.3, -0.25) is 0 Å². The summed E-state index contributed by atoms with van der Waals surface area (Å²) in [6, 6.07) is 35.9. The number of benzene rings is 5. The second kappa shape index (κ2) is 7.03. The minimum absolute atomic E-state index is 1.29. The fraction of sp³-hybridized carbons (Fsp3) is 0. The normalized spacial score (nSPS) is 11.8. The summed E-state index contributed by atoms with van der Waals surface area (Å²) in [5.74, 6) is 0. The molecule has 0 aliphatic carbocycles. The topological polar surface area (TPSA) is 0 Å². The van der Waals surface area contributed by atoms with Crippen molar-refractivity contribution >= 4 is 65.8 Å². The van der Waals surface area contributed by atoms with Gasteiger partial charge in [0.1, 0.15) is 0 Å². The molecule has 150 valence electrons. The van der Waals surface area contributed by atoms with E-state index in [0.717, 1.165) is 0 Å². The van der Waals surface area contributed by atoms with Crippen LogP contribution in [0.2, 0.25) is 0 Å². The van der Waals surface area contributed by atoms with Crippen LogP contribution >= 0.6 is 22.7 Å². The third-order valence-electron chi connectivity index (χ3n) is 6.38. The van der Waals surface area contributed by atoms with E-state index < -0.39 is 0 Å². The molecule has 2 aromatic heterocycles. The molecule has 0 N–H and O–H groups in total. The van der Waals surface area contributed by atoms with Gasteiger partial charge in [0.2, 0.25) is 0 Å². The number of hydrogen-bond donors (Lipinski definition) is 0. The fourth-order valence-electron chi connectivity index (χ4n) is 4.99. The van der Waals surface area contributed by atoms with Gasteiger partial charge in [-0.05, 0) is 90.2 Å². The number of rotatable bonds is 2. The molecule has 0 bridgehead atoms. The van der Waals surface area contributed by atoms with Gasteiger partial charge < -0.3 is 0 Å². The van der Waals surface area contributed by atoms with Gasteiger partial charge in [0.05, 0.1) is 0 Å². The zero-order valence-corrected chi connectivity index (χ0v) is 18.8. The average Bonchev–Trinajstić information content (AvgIpc) is 3.54. The minimum atomic E-state index is 1.29. The van der Waals surface area contributed by atoms with Crippen molar-refractivity contribution in [1.29, 1.82) is 0 Å². The summed E-state index contributed by atoms with van der Waals surface area (Å²) >= 11 is 3.64. The van der Waals surface area contributed by atoms with Crippen molar-refractivity contribution in [2.75, 3.05) is 0 Å². The van der Waals surface area contributed by atoms with Crippen LogP contribution < -0.4 is 0 Å². The van der Waals surface area contributed by atoms with Gasteiger partial charge in [0, 0.05) is 20.9 Å². The van der Waals surface area contributed by atoms with Crippen LogP contribution in [0.25, 0.3) is 64.0 Å². The molecule has 0 fully saturated rings. The van der Waals surface area contributed by atoms with Crippen LogP contribution in [0.4, 0.5) is 0 Å². The largest absolute Gasteiger partial charge is 0.144 e. The summed E-state index contributed by atoms with van der Waals surface area (Å²) in [4.78, 5) is 2.65. The number of thiophene rings is 2. The molecule has 0 unspecified atom stereocenters. The molecular weight excluding hydrogens is 424 g/mol. The first kappa shape index (κ1) is 18.1. The highest BCUT2D eigenvalue weighted by atomic mass is 32.1. The van der Waals surface area contributed by atoms with E-state index in [2.05, 4.69) is 108 Å². The summed E-state index contributed by atoms with van der Waals surface area (Å²) in [7, 11) is 0. The van der Waals surface area contributed by atoms with Crippen LogP contribution in [-0.4, -0.2) is 0 Å². The molecule has 7 aromatic rings. The molecule has 0 nitrogen and oxygen atoms in total. The zero-order chi connectivity index (χ0) is 21.1. The van der Waals surface area contributed by atoms with Gasteiger partial charge in [0.15, 0.2) is 0 Å². The van der Waals surface area contributed by atoms with Gasteiger partial charge in [-0.1, -0.05) is 60.7 Å². The number of hydrogen-bond acceptors (Lipinski definition) is 2. The van der Waals surface area contributed by atoms with E-state index in [1.54, 1.807) is 0 Å². The fourth-order valence-corrected chi connectivity index (χ4v) is 6.58. The van der Waals surface area contributed by atoms with Crippen LogP contribution in [-0.2, 0) is 0 Å². The van der Waals surface area contributed by atoms with Crippen LogP contribution in [0, 0.1) is 0 Å². The Hall–Kier alpha value is -3.46. The molecular formula is C30H18S2. The Morgan fingerprint density at radius 1 is 0.375 bits per heavy atom. The first-order valence-corrected chi connectivity index (χ1v) is 12.5. The lowest BCUT2D eigenvalue weighted by molar-refractivity contribution is 1.76. The van der Waals surface area contributed by atoms with Gasteiger partial charge >= 0.3 is 0 Å². The first-order valence-electron chi connectivity index (χ1n) is 10.8. The van der Waals surface area contributed by atoms with E-state index in [0.29, 0.717) is 0 Å². The van der Waals surface area contributed by atoms with Crippen molar-refractivity contribution in [1.82, 2.24) is 0 Å². The Balaban J connectivity index is 1.74. The molecule has 0 saturated heterocycles. The second-order valence-electron chi connectivity index (χ2n) is 8.19. The summed E-state index contributed by atoms with van der Waals surface area (Å²) in [5.41, 5.74) is 2.70. The van der Waals surface area contributed by atoms with Crippen molar-refractivity contribution in [3.8, 4) is 20.9 Å². The highest BCUT2D eigenvalue weighted by Crippen LogP contribution is 2.46. The Morgan fingerprint density at radius 3 is 1.28 bits per heavy atom. The number of fused-ring (bicyclic) bond motifs is 4. The smallest absolute Gasteiger partial charge is 0.0355 e. The molecule has 0 atom stereocenters. The third-order valence-corrected chi connectivity index (χ3v) is 8.16. The maximum absolute atomic E-state index is 2.41. The SMILES string of the molecule is c1csc(-c2c3ccccc3c(-c3cccs3)c3cc4cc5ccccc5cc4cc23)c1. The van der Waals surface area contributed by atoms with E-state index in [-0.39, 0.29) is 0 Å². The average molecular weight is 443 g/mol. The molecule has 0 radical (unpaired) electrons. The molecule has 32 heavy (non-hydrogen) atoms. The summed E-state index contributed by atoms with van der Waals surface area (Å²) in [5, 5.41) is 14.8. The second-order valence-corrected chi connectivity index (χ2v) is 10.1. The van der Waals surface area contributed by atoms with Gasteiger partial charge in [-0.2, -0.15) is 0 Å². The standard InChI is InChI=1S/C30H18S2/c1-2-8-20-16-22-18-26-25(17-21(22)15-19(20)7-1)29(27-11-5-13-31-27)23-9-3-4-10-24(23)30(26)28-12-6-14-32-28/h1-18H. The van der Waals surface area contributed by atoms with Crippen molar-refractivity contribution in [2.24, 2.45) is 0 Å². The van der Waals surface area contributed by atoms with Crippen LogP contribution in [0.3, 0.4) is 0 Å². The molecule has 2 heteroatoms. The molecule has 0 spiro atoms. The van der Waals surface area contributed by atoms with Crippen LogP contribution in [0.15, 0.2) is 108 Å². The zero-order valence-electron chi connectivity index (χ0n) is 17.2. The van der Waals surface area contributed by atoms with Crippen LogP contribution in [0.5, 0.6) is 0 Å². The Labute approximate surface area is 194 Å². The Bertz CT molecular complexity index is 1620. The van der Waals surface area contributed by atoms with Gasteiger partial charge in [-0.15, -0.1) is 22.7 Å². The lowest BCUT2D eigenvalue weighted by atomic mass is 9.88. The molecule has 0 aliphatic heterocycles. The van der Waals surface area contributed by atoms with Crippen molar-refractivity contribution in [3.05, 3.63) is 108 Å². The molecule has 0 aliphatic rings. The van der Waals surface area contributed by atoms with E-state index in [1.165, 1.54) is 64.0 Å². The Kier molecular flexibility index (Phi) is 3.98. The molecule has 7 rings (SSSR count). The van der Waals surface area contributed by atoms with Gasteiger partial charge in [0.25, 0.3) is 0 Å². The predicted octanol–water partition coefficient (Wildman–Crippen LogP) is 9.76. The van der Waals surface area contributed by atoms with E-state index in [9.17, 15) is 0 Å². The molecule has 2 heterocycles. The summed E-state index contributed by atoms with van der Waals surface area (Å²) in [6.07, 6.45) is 0. The van der Waals surface area contributed by atoms with E-state index in [4.69, 9.17) is 0 Å². The molecule has 0 saturated carbocycles. The monoisotopic (exact) mass is 442 g/mol. The maximum atomic E-state index is 2.41. The third kappa shape index (κ3) is 2.67. The molecule has 5 aromatic carbocycles. The lowest BCUT2D eigenvalue weighted by Crippen LogP contribution is -1.89. The highest BCUT2D eigenvalue weighted by molar-refractivity contribution is 7.14. The predicted molar refractivity (Wildman–Crippen MR) is 143 cm³/mol. The van der Waals surface area contributed by atoms with Crippen molar-refractivity contribution < 1.29 is 0 Å². The first-order chi connectivity index (χ1) is 15.9. The van der Waals surface area contributed by atoms with Crippen molar-refractivity contribution in [3.63, 3.8) is 0 Å². The van der Waals surface area contributed by atoms with E-state index >= 15 is 0 Å². The van der Waals surface area contributed by atoms with Gasteiger partial charge in [-0.25, -0.2) is 0 Å². The quantitative estimate of drug-likeness (QED) is 0.234. The van der Waals surface area contributed by atoms with Crippen molar-refractivity contribution in [2.45, 2.75) is 0 Å². The van der Waals surface area contributed by atoms with E-state index in [1.807, 2.05) is 22.7 Å². The Morgan fingerprint density at radius 2 is 0.844 bits per heavy atom. The highest BCUT2D eigenvalue weighted by Gasteiger charge is 2.18. The summed E-state index contributed by atoms with van der Waals surface area (Å²) < 4.78 is 0. The minimum Gasteiger partial charge on any atom is -0.144 e. The summed E-state index contributed by atoms with van der Waals surface area (Å²) in [6.45, 7) is 0. The van der Waals surface area contributed by atoms with Crippen LogP contribution in [0.1, 0.15) is 0 Å².